The van der Waals surface area contributed by atoms with Gasteiger partial charge in [-0.3, -0.25) is 4.79 Å². The van der Waals surface area contributed by atoms with Crippen molar-refractivity contribution >= 4 is 11.8 Å². The highest BCUT2D eigenvalue weighted by molar-refractivity contribution is 7.99. The maximum atomic E-state index is 11.1. The van der Waals surface area contributed by atoms with Crippen molar-refractivity contribution in [1.82, 2.24) is 9.97 Å². The molecule has 0 unspecified atom stereocenters. The molecular formula is C12H13N3OS. The first-order chi connectivity index (χ1) is 8.15. The molecule has 0 spiro atoms. The summed E-state index contributed by atoms with van der Waals surface area (Å²) in [5.41, 5.74) is 6.71. The van der Waals surface area contributed by atoms with Gasteiger partial charge in [0.2, 0.25) is 0 Å². The zero-order chi connectivity index (χ0) is 12.3. The summed E-state index contributed by atoms with van der Waals surface area (Å²) < 4.78 is 0. The summed E-state index contributed by atoms with van der Waals surface area (Å²) in [6.07, 6.45) is 1.50. The van der Waals surface area contributed by atoms with Crippen molar-refractivity contribution in [2.24, 2.45) is 5.73 Å². The van der Waals surface area contributed by atoms with Crippen molar-refractivity contribution in [1.29, 1.82) is 0 Å². The summed E-state index contributed by atoms with van der Waals surface area (Å²) in [5, 5.41) is 0.589. The Morgan fingerprint density at radius 1 is 1.29 bits per heavy atom. The Labute approximate surface area is 103 Å². The van der Waals surface area contributed by atoms with E-state index >= 15 is 0 Å². The first-order valence-electron chi connectivity index (χ1n) is 5.24. The Morgan fingerprint density at radius 3 is 2.59 bits per heavy atom. The molecule has 0 aliphatic heterocycles. The lowest BCUT2D eigenvalue weighted by Gasteiger charge is -2.06. The fourth-order valence-electron chi connectivity index (χ4n) is 1.35. The summed E-state index contributed by atoms with van der Waals surface area (Å²) in [6.45, 7) is 1.94. The maximum absolute atomic E-state index is 11.1. The molecule has 88 valence electrons. The third-order valence-electron chi connectivity index (χ3n) is 2.27. The number of rotatable bonds is 3. The second kappa shape index (κ2) is 5.16. The Bertz CT molecular complexity index is 548. The van der Waals surface area contributed by atoms with Crippen molar-refractivity contribution < 1.29 is 0 Å². The molecule has 17 heavy (non-hydrogen) atoms. The molecule has 3 N–H and O–H groups in total. The summed E-state index contributed by atoms with van der Waals surface area (Å²) >= 11 is 1.41. The van der Waals surface area contributed by atoms with Gasteiger partial charge < -0.3 is 10.7 Å². The SMILES string of the molecule is C[C@@H](N)c1ccc(Sc2nccc(=O)[nH]2)cc1. The molecule has 0 amide bonds. The normalized spacial score (nSPS) is 12.4. The molecule has 0 fully saturated rings. The molecule has 0 saturated heterocycles. The van der Waals surface area contributed by atoms with Crippen LogP contribution in [0.3, 0.4) is 0 Å². The minimum atomic E-state index is -0.144. The number of nitrogens with one attached hydrogen (secondary N) is 1. The molecule has 0 radical (unpaired) electrons. The molecule has 2 aromatic rings. The van der Waals surface area contributed by atoms with Gasteiger partial charge in [0.05, 0.1) is 0 Å². The van der Waals surface area contributed by atoms with Crippen LogP contribution in [-0.2, 0) is 0 Å². The second-order valence-electron chi connectivity index (χ2n) is 3.70. The summed E-state index contributed by atoms with van der Waals surface area (Å²) in [6, 6.07) is 9.32. The summed E-state index contributed by atoms with van der Waals surface area (Å²) in [7, 11) is 0. The van der Waals surface area contributed by atoms with Crippen molar-refractivity contribution in [3.05, 3.63) is 52.4 Å². The molecule has 1 heterocycles. The van der Waals surface area contributed by atoms with Crippen LogP contribution in [0.1, 0.15) is 18.5 Å². The molecule has 2 rings (SSSR count). The highest BCUT2D eigenvalue weighted by atomic mass is 32.2. The lowest BCUT2D eigenvalue weighted by molar-refractivity contribution is 0.817. The van der Waals surface area contributed by atoms with E-state index in [9.17, 15) is 4.79 Å². The van der Waals surface area contributed by atoms with Crippen LogP contribution in [0.2, 0.25) is 0 Å². The third kappa shape index (κ3) is 3.18. The third-order valence-corrected chi connectivity index (χ3v) is 3.18. The predicted molar refractivity (Wildman–Crippen MR) is 68.0 cm³/mol. The van der Waals surface area contributed by atoms with Crippen molar-refractivity contribution in [2.75, 3.05) is 0 Å². The molecule has 0 saturated carbocycles. The van der Waals surface area contributed by atoms with Crippen LogP contribution in [0.4, 0.5) is 0 Å². The van der Waals surface area contributed by atoms with Crippen LogP contribution < -0.4 is 11.3 Å². The minimum Gasteiger partial charge on any atom is -0.324 e. The number of hydrogen-bond donors (Lipinski definition) is 2. The van der Waals surface area contributed by atoms with Gasteiger partial charge in [-0.1, -0.05) is 23.9 Å². The molecule has 4 nitrogen and oxygen atoms in total. The fraction of sp³-hybridized carbons (Fsp3) is 0.167. The minimum absolute atomic E-state index is 0.0312. The Hall–Kier alpha value is -1.59. The van der Waals surface area contributed by atoms with Crippen molar-refractivity contribution in [2.45, 2.75) is 23.0 Å². The van der Waals surface area contributed by atoms with E-state index in [0.29, 0.717) is 5.16 Å². The van der Waals surface area contributed by atoms with E-state index in [0.717, 1.165) is 10.5 Å². The topological polar surface area (TPSA) is 71.8 Å². The number of benzene rings is 1. The number of hydrogen-bond acceptors (Lipinski definition) is 4. The quantitative estimate of drug-likeness (QED) is 0.813. The van der Waals surface area contributed by atoms with Gasteiger partial charge in [0.15, 0.2) is 5.16 Å². The maximum Gasteiger partial charge on any atom is 0.251 e. The average molecular weight is 247 g/mol. The van der Waals surface area contributed by atoms with E-state index in [2.05, 4.69) is 9.97 Å². The van der Waals surface area contributed by atoms with E-state index in [1.165, 1.54) is 24.0 Å². The van der Waals surface area contributed by atoms with E-state index in [-0.39, 0.29) is 11.6 Å². The molecule has 1 aromatic carbocycles. The molecule has 0 aliphatic carbocycles. The molecule has 0 aliphatic rings. The summed E-state index contributed by atoms with van der Waals surface area (Å²) in [4.78, 5) is 18.9. The monoisotopic (exact) mass is 247 g/mol. The zero-order valence-electron chi connectivity index (χ0n) is 9.38. The highest BCUT2D eigenvalue weighted by Crippen LogP contribution is 2.24. The van der Waals surface area contributed by atoms with Gasteiger partial charge in [-0.25, -0.2) is 4.98 Å². The van der Waals surface area contributed by atoms with Gasteiger partial charge in [-0.2, -0.15) is 0 Å². The van der Waals surface area contributed by atoms with Crippen LogP contribution in [0.15, 0.2) is 51.4 Å². The lowest BCUT2D eigenvalue weighted by Crippen LogP contribution is -2.05. The molecule has 0 bridgehead atoms. The van der Waals surface area contributed by atoms with Gasteiger partial charge in [0.25, 0.3) is 5.56 Å². The smallest absolute Gasteiger partial charge is 0.251 e. The van der Waals surface area contributed by atoms with Crippen LogP contribution in [0.25, 0.3) is 0 Å². The molecule has 1 aromatic heterocycles. The van der Waals surface area contributed by atoms with Gasteiger partial charge in [0, 0.05) is 23.2 Å². The van der Waals surface area contributed by atoms with Crippen LogP contribution in [-0.4, -0.2) is 9.97 Å². The van der Waals surface area contributed by atoms with Crippen LogP contribution in [0.5, 0.6) is 0 Å². The van der Waals surface area contributed by atoms with Crippen LogP contribution in [0, 0.1) is 0 Å². The lowest BCUT2D eigenvalue weighted by atomic mass is 10.1. The van der Waals surface area contributed by atoms with E-state index in [1.807, 2.05) is 31.2 Å². The van der Waals surface area contributed by atoms with Crippen molar-refractivity contribution in [3.8, 4) is 0 Å². The largest absolute Gasteiger partial charge is 0.324 e. The number of aromatic amines is 1. The first kappa shape index (κ1) is 11.9. The van der Waals surface area contributed by atoms with Gasteiger partial charge >= 0.3 is 0 Å². The Kier molecular flexibility index (Phi) is 3.61. The first-order valence-corrected chi connectivity index (χ1v) is 6.05. The highest BCUT2D eigenvalue weighted by Gasteiger charge is 2.02. The van der Waals surface area contributed by atoms with Gasteiger partial charge in [-0.15, -0.1) is 0 Å². The number of aromatic nitrogens is 2. The molecule has 5 heteroatoms. The van der Waals surface area contributed by atoms with E-state index in [1.54, 1.807) is 0 Å². The summed E-state index contributed by atoms with van der Waals surface area (Å²) in [5.74, 6) is 0. The molecular weight excluding hydrogens is 234 g/mol. The van der Waals surface area contributed by atoms with E-state index in [4.69, 9.17) is 5.73 Å². The number of H-pyrrole nitrogens is 1. The standard InChI is InChI=1S/C12H13N3OS/c1-8(13)9-2-4-10(5-3-9)17-12-14-7-6-11(16)15-12/h2-8H,13H2,1H3,(H,14,15,16)/t8-/m1/s1. The predicted octanol–water partition coefficient (Wildman–Crippen LogP) is 1.94. The Balaban J connectivity index is 2.16. The number of nitrogens with two attached hydrogens (primary N) is 1. The van der Waals surface area contributed by atoms with Crippen molar-refractivity contribution in [3.63, 3.8) is 0 Å². The Morgan fingerprint density at radius 2 is 2.00 bits per heavy atom. The zero-order valence-corrected chi connectivity index (χ0v) is 10.2. The van der Waals surface area contributed by atoms with Crippen LogP contribution >= 0.6 is 11.8 Å². The second-order valence-corrected chi connectivity index (χ2v) is 4.76. The fourth-order valence-corrected chi connectivity index (χ4v) is 2.12. The van der Waals surface area contributed by atoms with E-state index < -0.39 is 0 Å². The number of nitrogens with zero attached hydrogens (tertiary/aromatic N) is 1. The average Bonchev–Trinajstić information content (AvgIpc) is 2.29. The molecule has 1 atom stereocenters. The van der Waals surface area contributed by atoms with Gasteiger partial charge in [0.1, 0.15) is 0 Å². The van der Waals surface area contributed by atoms with Gasteiger partial charge in [-0.05, 0) is 24.6 Å².